The van der Waals surface area contributed by atoms with Crippen LogP contribution in [0.2, 0.25) is 0 Å². The zero-order chi connectivity index (χ0) is 28.4. The summed E-state index contributed by atoms with van der Waals surface area (Å²) in [6, 6.07) is 6.72. The van der Waals surface area contributed by atoms with Crippen molar-refractivity contribution >= 4 is 23.0 Å². The molecule has 1 saturated carbocycles. The number of fused-ring (bicyclic) bond motifs is 1. The van der Waals surface area contributed by atoms with Gasteiger partial charge in [0, 0.05) is 41.2 Å². The quantitative estimate of drug-likeness (QED) is 0.286. The number of pyridine rings is 1. The number of imidazole rings is 1. The monoisotopic (exact) mass is 545 g/mol. The third kappa shape index (κ3) is 5.78. The lowest BCUT2D eigenvalue weighted by Gasteiger charge is -2.28. The smallest absolute Gasteiger partial charge is 0.315 e. The number of benzene rings is 1. The highest BCUT2D eigenvalue weighted by Crippen LogP contribution is 2.34. The molecule has 208 valence electrons. The van der Waals surface area contributed by atoms with Gasteiger partial charge in [0.05, 0.1) is 0 Å². The number of hydrogen-bond donors (Lipinski definition) is 3. The lowest BCUT2D eigenvalue weighted by Crippen LogP contribution is -2.37. The predicted octanol–water partition coefficient (Wildman–Crippen LogP) is 4.70. The minimum atomic E-state index is -0.569. The second-order valence-corrected chi connectivity index (χ2v) is 11.1. The Kier molecular flexibility index (Phi) is 7.46. The Morgan fingerprint density at radius 2 is 2.05 bits per heavy atom. The molecular formula is C29H32FN7O3. The number of halogens is 1. The molecule has 0 spiro atoms. The summed E-state index contributed by atoms with van der Waals surface area (Å²) in [4.78, 5) is 41.0. The maximum atomic E-state index is 15.1. The predicted molar refractivity (Wildman–Crippen MR) is 147 cm³/mol. The standard InChI is InChI=1S/C29H32FN7O3/c1-5-22(38)33-19-8-6-7-17(13-19)24-34-23-20(11-12-31-25(23)35-24)16-9-10-18(21(30)14-16)15-32-26(39)27-36-28(37-40-27)29(2,3)4/h5,9-12,14,17,19H,1,6-8,13,15H2,2-4H3,(H,32,39)(H,33,38)(H,31,34,35). The fourth-order valence-electron chi connectivity index (χ4n) is 4.91. The second-order valence-electron chi connectivity index (χ2n) is 11.1. The first kappa shape index (κ1) is 27.2. The van der Waals surface area contributed by atoms with Crippen molar-refractivity contribution < 1.29 is 18.5 Å². The molecule has 3 aromatic heterocycles. The Bertz CT molecular complexity index is 1570. The Morgan fingerprint density at radius 1 is 1.23 bits per heavy atom. The van der Waals surface area contributed by atoms with Crippen molar-refractivity contribution in [1.29, 1.82) is 0 Å². The molecule has 2 unspecified atom stereocenters. The number of aromatic amines is 1. The molecule has 1 aliphatic rings. The van der Waals surface area contributed by atoms with E-state index in [-0.39, 0.29) is 35.7 Å². The number of nitrogens with zero attached hydrogens (tertiary/aromatic N) is 4. The van der Waals surface area contributed by atoms with Gasteiger partial charge in [0.25, 0.3) is 0 Å². The normalized spacial score (nSPS) is 17.5. The van der Waals surface area contributed by atoms with E-state index in [0.29, 0.717) is 28.1 Å². The molecule has 2 atom stereocenters. The number of carbonyl (C=O) groups is 2. The van der Waals surface area contributed by atoms with E-state index in [9.17, 15) is 9.59 Å². The molecule has 5 rings (SSSR count). The van der Waals surface area contributed by atoms with Crippen molar-refractivity contribution in [3.8, 4) is 11.1 Å². The number of amides is 2. The van der Waals surface area contributed by atoms with Gasteiger partial charge in [0.2, 0.25) is 5.91 Å². The number of aromatic nitrogens is 5. The van der Waals surface area contributed by atoms with Gasteiger partial charge >= 0.3 is 11.8 Å². The SMILES string of the molecule is C=CC(=O)NC1CCCC(c2nc3c(-c4ccc(CNC(=O)c5nc(C(C)(C)C)no5)c(F)c4)ccnc3[nH]2)C1. The van der Waals surface area contributed by atoms with Crippen molar-refractivity contribution in [2.45, 2.75) is 70.4 Å². The molecule has 0 bridgehead atoms. The first-order chi connectivity index (χ1) is 19.1. The summed E-state index contributed by atoms with van der Waals surface area (Å²) >= 11 is 0. The summed E-state index contributed by atoms with van der Waals surface area (Å²) < 4.78 is 20.2. The van der Waals surface area contributed by atoms with Crippen LogP contribution in [0.4, 0.5) is 4.39 Å². The summed E-state index contributed by atoms with van der Waals surface area (Å²) in [5, 5.41) is 9.47. The number of carbonyl (C=O) groups excluding carboxylic acids is 2. The summed E-state index contributed by atoms with van der Waals surface area (Å²) in [5.41, 5.74) is 2.62. The van der Waals surface area contributed by atoms with Crippen molar-refractivity contribution in [2.75, 3.05) is 0 Å². The lowest BCUT2D eigenvalue weighted by molar-refractivity contribution is -0.117. The third-order valence-corrected chi connectivity index (χ3v) is 7.09. The van der Waals surface area contributed by atoms with Crippen LogP contribution >= 0.6 is 0 Å². The van der Waals surface area contributed by atoms with E-state index < -0.39 is 11.7 Å². The highest BCUT2D eigenvalue weighted by molar-refractivity contribution is 5.90. The second kappa shape index (κ2) is 11.0. The fourth-order valence-corrected chi connectivity index (χ4v) is 4.91. The summed E-state index contributed by atoms with van der Waals surface area (Å²) in [7, 11) is 0. The minimum Gasteiger partial charge on any atom is -0.350 e. The number of rotatable bonds is 7. The number of nitrogens with one attached hydrogen (secondary N) is 3. The Hall–Kier alpha value is -4.41. The average Bonchev–Trinajstić information content (AvgIpc) is 3.60. The molecule has 0 saturated heterocycles. The molecule has 1 aromatic carbocycles. The van der Waals surface area contributed by atoms with Crippen LogP contribution in [-0.2, 0) is 16.8 Å². The number of hydrogen-bond acceptors (Lipinski definition) is 7. The molecule has 1 aliphatic carbocycles. The average molecular weight is 546 g/mol. The van der Waals surface area contributed by atoms with Gasteiger partial charge in [-0.1, -0.05) is 51.1 Å². The van der Waals surface area contributed by atoms with Crippen LogP contribution in [0.3, 0.4) is 0 Å². The summed E-state index contributed by atoms with van der Waals surface area (Å²) in [6.07, 6.45) is 6.55. The van der Waals surface area contributed by atoms with E-state index in [1.54, 1.807) is 24.4 Å². The Morgan fingerprint density at radius 3 is 2.77 bits per heavy atom. The largest absolute Gasteiger partial charge is 0.350 e. The first-order valence-corrected chi connectivity index (χ1v) is 13.3. The van der Waals surface area contributed by atoms with E-state index in [1.807, 2.05) is 20.8 Å². The van der Waals surface area contributed by atoms with Crippen molar-refractivity contribution in [3.63, 3.8) is 0 Å². The van der Waals surface area contributed by atoms with E-state index in [2.05, 4.69) is 37.3 Å². The van der Waals surface area contributed by atoms with Crippen molar-refractivity contribution in [3.05, 3.63) is 72.0 Å². The molecule has 0 aliphatic heterocycles. The molecule has 40 heavy (non-hydrogen) atoms. The summed E-state index contributed by atoms with van der Waals surface area (Å²) in [6.45, 7) is 9.22. The van der Waals surface area contributed by atoms with E-state index >= 15 is 4.39 Å². The van der Waals surface area contributed by atoms with Crippen molar-refractivity contribution in [1.82, 2.24) is 35.7 Å². The first-order valence-electron chi connectivity index (χ1n) is 13.3. The molecule has 10 nitrogen and oxygen atoms in total. The maximum absolute atomic E-state index is 15.1. The molecule has 1 fully saturated rings. The number of H-pyrrole nitrogens is 1. The van der Waals surface area contributed by atoms with Crippen LogP contribution in [0.5, 0.6) is 0 Å². The summed E-state index contributed by atoms with van der Waals surface area (Å²) in [5.74, 6) is 0.000328. The van der Waals surface area contributed by atoms with Crippen LogP contribution in [0.15, 0.2) is 47.6 Å². The third-order valence-electron chi connectivity index (χ3n) is 7.09. The van der Waals surface area contributed by atoms with Gasteiger partial charge in [-0.15, -0.1) is 0 Å². The minimum absolute atomic E-state index is 0.0400. The van der Waals surface area contributed by atoms with Crippen molar-refractivity contribution in [2.24, 2.45) is 0 Å². The van der Waals surface area contributed by atoms with E-state index in [0.717, 1.165) is 37.1 Å². The van der Waals surface area contributed by atoms with E-state index in [1.165, 1.54) is 12.1 Å². The van der Waals surface area contributed by atoms with Gasteiger partial charge in [0.1, 0.15) is 17.2 Å². The van der Waals surface area contributed by atoms with Crippen LogP contribution in [0, 0.1) is 5.82 Å². The van der Waals surface area contributed by atoms with E-state index in [4.69, 9.17) is 9.51 Å². The molecule has 4 aromatic rings. The van der Waals surface area contributed by atoms with Gasteiger partial charge in [-0.2, -0.15) is 4.98 Å². The van der Waals surface area contributed by atoms with Gasteiger partial charge in [0.15, 0.2) is 11.5 Å². The fraction of sp³-hybridized carbons (Fsp3) is 0.379. The molecule has 0 radical (unpaired) electrons. The molecule has 11 heteroatoms. The van der Waals surface area contributed by atoms with Gasteiger partial charge in [-0.05, 0) is 43.0 Å². The van der Waals surface area contributed by atoms with Gasteiger partial charge in [-0.25, -0.2) is 14.4 Å². The highest BCUT2D eigenvalue weighted by Gasteiger charge is 2.27. The Labute approximate surface area is 230 Å². The topological polar surface area (TPSA) is 139 Å². The van der Waals surface area contributed by atoms with Crippen LogP contribution < -0.4 is 10.6 Å². The van der Waals surface area contributed by atoms with Gasteiger partial charge < -0.3 is 20.1 Å². The highest BCUT2D eigenvalue weighted by atomic mass is 19.1. The zero-order valence-electron chi connectivity index (χ0n) is 22.8. The van der Waals surface area contributed by atoms with Crippen LogP contribution in [0.1, 0.15) is 80.3 Å². The maximum Gasteiger partial charge on any atom is 0.315 e. The van der Waals surface area contributed by atoms with Crippen LogP contribution in [0.25, 0.3) is 22.3 Å². The Balaban J connectivity index is 1.31. The molecule has 3 heterocycles. The zero-order valence-corrected chi connectivity index (χ0v) is 22.8. The molecular weight excluding hydrogens is 513 g/mol. The molecule has 3 N–H and O–H groups in total. The van der Waals surface area contributed by atoms with Crippen LogP contribution in [-0.4, -0.2) is 42.9 Å². The molecule has 2 amide bonds. The van der Waals surface area contributed by atoms with Gasteiger partial charge in [-0.3, -0.25) is 9.59 Å². The lowest BCUT2D eigenvalue weighted by atomic mass is 9.85.